The first-order chi connectivity index (χ1) is 16.0. The number of benzene rings is 2. The lowest BCUT2D eigenvalue weighted by Crippen LogP contribution is -2.49. The zero-order chi connectivity index (χ0) is 23.0. The Morgan fingerprint density at radius 3 is 2.64 bits per heavy atom. The zero-order valence-electron chi connectivity index (χ0n) is 18.5. The third-order valence-corrected chi connectivity index (χ3v) is 7.32. The molecule has 2 aromatic carbocycles. The summed E-state index contributed by atoms with van der Waals surface area (Å²) in [6, 6.07) is 13.5. The third kappa shape index (κ3) is 4.17. The second-order valence-corrected chi connectivity index (χ2v) is 9.52. The van der Waals surface area contributed by atoms with Crippen LogP contribution in [0.2, 0.25) is 5.02 Å². The van der Waals surface area contributed by atoms with E-state index in [1.54, 1.807) is 7.11 Å². The van der Waals surface area contributed by atoms with Gasteiger partial charge >= 0.3 is 0 Å². The van der Waals surface area contributed by atoms with Crippen molar-refractivity contribution in [2.75, 3.05) is 30.4 Å². The van der Waals surface area contributed by atoms with E-state index in [1.165, 1.54) is 0 Å². The Morgan fingerprint density at radius 1 is 1.18 bits per heavy atom. The highest BCUT2D eigenvalue weighted by Gasteiger charge is 2.45. The number of aliphatic hydroxyl groups is 1. The molecule has 1 spiro atoms. The molecule has 3 aromatic rings. The van der Waals surface area contributed by atoms with Crippen molar-refractivity contribution in [3.63, 3.8) is 0 Å². The SMILES string of the molecule is COc1ccc(CNc2nnc(N3CCC4(CC3)CC(O)C4)c3ccc(C#N)cc23)cc1Cl. The molecule has 170 valence electrons. The maximum atomic E-state index is 9.76. The van der Waals surface area contributed by atoms with E-state index >= 15 is 0 Å². The predicted octanol–water partition coefficient (Wildman–Crippen LogP) is 4.52. The van der Waals surface area contributed by atoms with Gasteiger partial charge in [0.05, 0.1) is 29.9 Å². The molecule has 2 heterocycles. The third-order valence-electron chi connectivity index (χ3n) is 7.03. The summed E-state index contributed by atoms with van der Waals surface area (Å²) in [5, 5.41) is 34.0. The highest BCUT2D eigenvalue weighted by molar-refractivity contribution is 6.32. The summed E-state index contributed by atoms with van der Waals surface area (Å²) in [4.78, 5) is 2.28. The van der Waals surface area contributed by atoms with Gasteiger partial charge in [0.15, 0.2) is 11.6 Å². The van der Waals surface area contributed by atoms with E-state index in [0.29, 0.717) is 34.1 Å². The summed E-state index contributed by atoms with van der Waals surface area (Å²) >= 11 is 6.26. The Kier molecular flexibility index (Phi) is 5.73. The Hall–Kier alpha value is -3.08. The van der Waals surface area contributed by atoms with Gasteiger partial charge in [-0.3, -0.25) is 0 Å². The van der Waals surface area contributed by atoms with E-state index in [4.69, 9.17) is 16.3 Å². The molecule has 2 aliphatic rings. The molecule has 0 radical (unpaired) electrons. The molecule has 8 heteroatoms. The number of nitriles is 1. The predicted molar refractivity (Wildman–Crippen MR) is 129 cm³/mol. The van der Waals surface area contributed by atoms with Crippen LogP contribution in [-0.4, -0.2) is 41.6 Å². The number of fused-ring (bicyclic) bond motifs is 1. The van der Waals surface area contributed by atoms with Gasteiger partial charge in [-0.1, -0.05) is 17.7 Å². The highest BCUT2D eigenvalue weighted by Crippen LogP contribution is 2.49. The van der Waals surface area contributed by atoms with Crippen LogP contribution in [0.15, 0.2) is 36.4 Å². The van der Waals surface area contributed by atoms with Crippen LogP contribution in [0.5, 0.6) is 5.75 Å². The standard InChI is InChI=1S/C25H26ClN5O2/c1-33-22-5-3-17(11-21(22)26)15-28-23-20-10-16(14-27)2-4-19(20)24(30-29-23)31-8-6-25(7-9-31)12-18(32)13-25/h2-5,10-11,18,32H,6-9,12-13,15H2,1H3,(H,28,29). The lowest BCUT2D eigenvalue weighted by molar-refractivity contribution is -0.0464. The van der Waals surface area contributed by atoms with Gasteiger partial charge in [0.1, 0.15) is 5.75 Å². The molecule has 0 bridgehead atoms. The normalized spacial score (nSPS) is 17.6. The number of halogens is 1. The fourth-order valence-corrected chi connectivity index (χ4v) is 5.40. The summed E-state index contributed by atoms with van der Waals surface area (Å²) < 4.78 is 5.22. The number of nitrogens with zero attached hydrogens (tertiary/aromatic N) is 4. The number of aromatic nitrogens is 2. The van der Waals surface area contributed by atoms with Crippen molar-refractivity contribution in [3.05, 3.63) is 52.5 Å². The van der Waals surface area contributed by atoms with Crippen LogP contribution in [0, 0.1) is 16.7 Å². The van der Waals surface area contributed by atoms with Crippen LogP contribution in [0.3, 0.4) is 0 Å². The topological polar surface area (TPSA) is 94.3 Å². The fraction of sp³-hybridized carbons (Fsp3) is 0.400. The van der Waals surface area contributed by atoms with Crippen LogP contribution in [0.1, 0.15) is 36.8 Å². The number of methoxy groups -OCH3 is 1. The maximum absolute atomic E-state index is 9.76. The number of aliphatic hydroxyl groups excluding tert-OH is 1. The van der Waals surface area contributed by atoms with Crippen molar-refractivity contribution in [1.29, 1.82) is 5.26 Å². The quantitative estimate of drug-likeness (QED) is 0.574. The minimum atomic E-state index is -0.132. The van der Waals surface area contributed by atoms with Gasteiger partial charge in [-0.25, -0.2) is 0 Å². The minimum Gasteiger partial charge on any atom is -0.495 e. The van der Waals surface area contributed by atoms with Crippen LogP contribution in [0.25, 0.3) is 10.8 Å². The van der Waals surface area contributed by atoms with Gasteiger partial charge in [-0.15, -0.1) is 10.2 Å². The summed E-state index contributed by atoms with van der Waals surface area (Å²) in [6.45, 7) is 2.30. The lowest BCUT2D eigenvalue weighted by atomic mass is 9.61. The lowest BCUT2D eigenvalue weighted by Gasteiger charge is -2.50. The minimum absolute atomic E-state index is 0.132. The number of hydrogen-bond acceptors (Lipinski definition) is 7. The molecule has 1 aliphatic carbocycles. The molecule has 7 nitrogen and oxygen atoms in total. The van der Waals surface area contributed by atoms with Crippen molar-refractivity contribution >= 4 is 34.0 Å². The summed E-state index contributed by atoms with van der Waals surface area (Å²) in [5.41, 5.74) is 1.87. The Morgan fingerprint density at radius 2 is 1.97 bits per heavy atom. The first-order valence-electron chi connectivity index (χ1n) is 11.2. The summed E-state index contributed by atoms with van der Waals surface area (Å²) in [5.74, 6) is 2.11. The molecule has 0 amide bonds. The number of rotatable bonds is 5. The first-order valence-corrected chi connectivity index (χ1v) is 11.6. The molecule has 2 N–H and O–H groups in total. The van der Waals surface area contributed by atoms with E-state index in [0.717, 1.165) is 60.9 Å². The molecule has 1 aliphatic heterocycles. The van der Waals surface area contributed by atoms with Crippen molar-refractivity contribution in [2.24, 2.45) is 5.41 Å². The molecule has 2 fully saturated rings. The molecule has 1 aromatic heterocycles. The highest BCUT2D eigenvalue weighted by atomic mass is 35.5. The molecule has 0 unspecified atom stereocenters. The van der Waals surface area contributed by atoms with Crippen LogP contribution in [-0.2, 0) is 6.54 Å². The van der Waals surface area contributed by atoms with Gasteiger partial charge in [-0.2, -0.15) is 5.26 Å². The summed E-state index contributed by atoms with van der Waals surface area (Å²) in [6.07, 6.45) is 3.81. The van der Waals surface area contributed by atoms with Gasteiger partial charge in [-0.05, 0) is 67.0 Å². The molecule has 1 saturated carbocycles. The zero-order valence-corrected chi connectivity index (χ0v) is 19.3. The van der Waals surface area contributed by atoms with Gasteiger partial charge in [0.25, 0.3) is 0 Å². The monoisotopic (exact) mass is 463 g/mol. The maximum Gasteiger partial charge on any atom is 0.159 e. The fourth-order valence-electron chi connectivity index (χ4n) is 5.12. The Labute approximate surface area is 197 Å². The number of ether oxygens (including phenoxy) is 1. The van der Waals surface area contributed by atoms with E-state index in [9.17, 15) is 10.4 Å². The molecule has 33 heavy (non-hydrogen) atoms. The first kappa shape index (κ1) is 21.7. The van der Waals surface area contributed by atoms with Crippen molar-refractivity contribution in [1.82, 2.24) is 10.2 Å². The average molecular weight is 464 g/mol. The molecular formula is C25H26ClN5O2. The van der Waals surface area contributed by atoms with E-state index in [-0.39, 0.29) is 6.10 Å². The molecule has 0 atom stereocenters. The van der Waals surface area contributed by atoms with Crippen molar-refractivity contribution < 1.29 is 9.84 Å². The Balaban J connectivity index is 1.41. The van der Waals surface area contributed by atoms with E-state index in [1.807, 2.05) is 36.4 Å². The Bertz CT molecular complexity index is 1230. The molecular weight excluding hydrogens is 438 g/mol. The van der Waals surface area contributed by atoms with E-state index < -0.39 is 0 Å². The van der Waals surface area contributed by atoms with Crippen molar-refractivity contribution in [2.45, 2.75) is 38.3 Å². The average Bonchev–Trinajstić information content (AvgIpc) is 2.82. The number of hydrogen-bond donors (Lipinski definition) is 2. The second kappa shape index (κ2) is 8.69. The largest absolute Gasteiger partial charge is 0.495 e. The number of piperidine rings is 1. The summed E-state index contributed by atoms with van der Waals surface area (Å²) in [7, 11) is 1.59. The van der Waals surface area contributed by atoms with Crippen LogP contribution < -0.4 is 15.0 Å². The van der Waals surface area contributed by atoms with Crippen molar-refractivity contribution in [3.8, 4) is 11.8 Å². The smallest absolute Gasteiger partial charge is 0.159 e. The molecule has 1 saturated heterocycles. The second-order valence-electron chi connectivity index (χ2n) is 9.12. The molecule has 5 rings (SSSR count). The number of nitrogens with one attached hydrogen (secondary N) is 1. The number of anilines is 2. The van der Waals surface area contributed by atoms with Gasteiger partial charge in [0, 0.05) is 30.4 Å². The van der Waals surface area contributed by atoms with Gasteiger partial charge < -0.3 is 20.1 Å². The van der Waals surface area contributed by atoms with Crippen LogP contribution in [0.4, 0.5) is 11.6 Å². The van der Waals surface area contributed by atoms with Gasteiger partial charge in [0.2, 0.25) is 0 Å². The van der Waals surface area contributed by atoms with Crippen LogP contribution >= 0.6 is 11.6 Å². The van der Waals surface area contributed by atoms with E-state index in [2.05, 4.69) is 26.5 Å².